The average Bonchev–Trinajstić information content (AvgIpc) is 3.26. The number of fused-ring (bicyclic) bond motifs is 4. The summed E-state index contributed by atoms with van der Waals surface area (Å²) >= 11 is 0. The molecule has 2 atom stereocenters. The minimum absolute atomic E-state index is 0.0338. The largest absolute Gasteiger partial charge is 0.494 e. The zero-order valence-corrected chi connectivity index (χ0v) is 20.3. The third kappa shape index (κ3) is 7.07. The molecule has 4 rings (SSSR count). The molecule has 0 fully saturated rings. The molecule has 0 aliphatic carbocycles. The molecular weight excluding hydrogens is 518 g/mol. The van der Waals surface area contributed by atoms with E-state index in [0.717, 1.165) is 10.9 Å². The van der Waals surface area contributed by atoms with Crippen molar-refractivity contribution in [3.05, 3.63) is 47.5 Å². The Bertz CT molecular complexity index is 1300. The number of carboxylic acid groups (broad SMARTS) is 1. The average molecular weight is 543 g/mol. The van der Waals surface area contributed by atoms with E-state index in [1.807, 2.05) is 6.92 Å². The third-order valence-electron chi connectivity index (χ3n) is 5.38. The first kappa shape index (κ1) is 28.6. The first-order valence-electron chi connectivity index (χ1n) is 11.2. The van der Waals surface area contributed by atoms with E-state index < -0.39 is 36.1 Å². The van der Waals surface area contributed by atoms with Gasteiger partial charge in [-0.05, 0) is 30.7 Å². The maximum atomic E-state index is 14.2. The van der Waals surface area contributed by atoms with Crippen molar-refractivity contribution in [1.82, 2.24) is 20.1 Å². The number of ether oxygens (including phenoxy) is 2. The molecule has 1 aromatic carbocycles. The van der Waals surface area contributed by atoms with Crippen LogP contribution in [0.5, 0.6) is 5.75 Å². The Kier molecular flexibility index (Phi) is 9.06. The number of aliphatic hydroxyl groups excluding tert-OH is 1. The second kappa shape index (κ2) is 12.0. The predicted octanol–water partition coefficient (Wildman–Crippen LogP) is 3.03. The van der Waals surface area contributed by atoms with Crippen molar-refractivity contribution in [2.75, 3.05) is 25.6 Å². The molecule has 15 heteroatoms. The van der Waals surface area contributed by atoms with E-state index in [4.69, 9.17) is 19.4 Å². The van der Waals surface area contributed by atoms with Crippen LogP contribution in [-0.2, 0) is 22.5 Å². The van der Waals surface area contributed by atoms with Crippen LogP contribution < -0.4 is 15.4 Å². The number of anilines is 1. The molecule has 3 aromatic rings. The van der Waals surface area contributed by atoms with E-state index in [1.165, 1.54) is 19.2 Å². The summed E-state index contributed by atoms with van der Waals surface area (Å²) in [5, 5.41) is 28.3. The van der Waals surface area contributed by atoms with Crippen LogP contribution >= 0.6 is 0 Å². The molecule has 0 unspecified atom stereocenters. The van der Waals surface area contributed by atoms with E-state index in [-0.39, 0.29) is 25.4 Å². The zero-order chi connectivity index (χ0) is 28.0. The normalized spacial score (nSPS) is 18.2. The smallest absolute Gasteiger partial charge is 0.490 e. The molecule has 3 heterocycles. The summed E-state index contributed by atoms with van der Waals surface area (Å²) in [6.07, 6.45) is -3.96. The summed E-state index contributed by atoms with van der Waals surface area (Å²) < 4.78 is 58.3. The van der Waals surface area contributed by atoms with Gasteiger partial charge in [0.1, 0.15) is 5.82 Å². The number of benzene rings is 1. The highest BCUT2D eigenvalue weighted by Crippen LogP contribution is 2.25. The van der Waals surface area contributed by atoms with Gasteiger partial charge in [0.25, 0.3) is 0 Å². The van der Waals surface area contributed by atoms with E-state index >= 15 is 0 Å². The number of urea groups is 1. The standard InChI is InChI=1S/C21H24FN5O4.C2HF3O2/c1-3-27-20-13(9-23-27)7-19-24-16(20)8-14(28)10-31-11-17(25-21(29)26-19)12-4-5-18(30-2)15(22)6-12;3-2(4,5)1(6)7/h4-7,9,14,17,28H,3,8,10-11H2,1-2H3,(H2,24,25,26,29);(H,6,7)/t14-,17+;/m0./s1. The number of aliphatic hydroxyl groups is 1. The van der Waals surface area contributed by atoms with Gasteiger partial charge in [0, 0.05) is 18.4 Å². The van der Waals surface area contributed by atoms with Gasteiger partial charge in [0.15, 0.2) is 11.6 Å². The minimum atomic E-state index is -5.08. The van der Waals surface area contributed by atoms with Crippen LogP contribution in [0.25, 0.3) is 10.9 Å². The van der Waals surface area contributed by atoms with Gasteiger partial charge in [-0.2, -0.15) is 18.3 Å². The van der Waals surface area contributed by atoms with Gasteiger partial charge < -0.3 is 25.0 Å². The molecule has 2 aromatic heterocycles. The van der Waals surface area contributed by atoms with Gasteiger partial charge in [0.05, 0.1) is 49.9 Å². The van der Waals surface area contributed by atoms with Crippen LogP contribution in [0.4, 0.5) is 28.2 Å². The van der Waals surface area contributed by atoms with Crippen LogP contribution in [0.1, 0.15) is 24.2 Å². The maximum absolute atomic E-state index is 14.2. The Labute approximate surface area is 213 Å². The van der Waals surface area contributed by atoms with Crippen LogP contribution in [0.3, 0.4) is 0 Å². The number of halogens is 4. The van der Waals surface area contributed by atoms with Crippen molar-refractivity contribution in [2.45, 2.75) is 38.2 Å². The number of alkyl halides is 3. The van der Waals surface area contributed by atoms with Crippen molar-refractivity contribution < 1.29 is 46.8 Å². The summed E-state index contributed by atoms with van der Waals surface area (Å²) in [4.78, 5) is 26.1. The minimum Gasteiger partial charge on any atom is -0.494 e. The Hall–Kier alpha value is -3.98. The molecule has 0 spiro atoms. The first-order chi connectivity index (χ1) is 17.9. The number of nitrogens with zero attached hydrogens (tertiary/aromatic N) is 3. The van der Waals surface area contributed by atoms with E-state index in [1.54, 1.807) is 23.0 Å². The van der Waals surface area contributed by atoms with Crippen LogP contribution in [-0.4, -0.2) is 69.6 Å². The number of aryl methyl sites for hydroxylation is 1. The predicted molar refractivity (Wildman–Crippen MR) is 125 cm³/mol. The van der Waals surface area contributed by atoms with Gasteiger partial charge in [0.2, 0.25) is 0 Å². The van der Waals surface area contributed by atoms with Gasteiger partial charge in [-0.15, -0.1) is 0 Å². The van der Waals surface area contributed by atoms with Gasteiger partial charge in [-0.1, -0.05) is 6.07 Å². The Balaban J connectivity index is 0.000000505. The summed E-state index contributed by atoms with van der Waals surface area (Å²) in [5.74, 6) is -2.86. The fourth-order valence-corrected chi connectivity index (χ4v) is 3.68. The summed E-state index contributed by atoms with van der Waals surface area (Å²) in [6.45, 7) is 2.71. The van der Waals surface area contributed by atoms with Crippen molar-refractivity contribution in [2.24, 2.45) is 0 Å². The second-order valence-corrected chi connectivity index (χ2v) is 8.10. The summed E-state index contributed by atoms with van der Waals surface area (Å²) in [7, 11) is 1.38. The van der Waals surface area contributed by atoms with E-state index in [2.05, 4.69) is 20.7 Å². The van der Waals surface area contributed by atoms with Gasteiger partial charge >= 0.3 is 18.2 Å². The number of carbonyl (C=O) groups is 2. The molecule has 11 nitrogen and oxygen atoms in total. The number of hydrogen-bond acceptors (Lipinski definition) is 7. The lowest BCUT2D eigenvalue weighted by Crippen LogP contribution is -2.36. The highest BCUT2D eigenvalue weighted by Gasteiger charge is 2.38. The molecule has 0 radical (unpaired) electrons. The molecule has 0 saturated heterocycles. The van der Waals surface area contributed by atoms with Crippen molar-refractivity contribution in [3.8, 4) is 5.75 Å². The summed E-state index contributed by atoms with van der Waals surface area (Å²) in [5.41, 5.74) is 1.95. The molecule has 2 amide bonds. The topological polar surface area (TPSA) is 148 Å². The molecule has 0 saturated carbocycles. The van der Waals surface area contributed by atoms with E-state index in [0.29, 0.717) is 23.6 Å². The van der Waals surface area contributed by atoms with E-state index in [9.17, 15) is 27.5 Å². The second-order valence-electron chi connectivity index (χ2n) is 8.10. The number of aromatic nitrogens is 3. The number of amides is 2. The lowest BCUT2D eigenvalue weighted by atomic mass is 10.1. The number of carboxylic acids is 1. The molecule has 38 heavy (non-hydrogen) atoms. The van der Waals surface area contributed by atoms with Gasteiger partial charge in [-0.25, -0.2) is 19.0 Å². The maximum Gasteiger partial charge on any atom is 0.490 e. The summed E-state index contributed by atoms with van der Waals surface area (Å²) in [6, 6.07) is 5.01. The number of nitrogens with one attached hydrogen (secondary N) is 2. The number of aliphatic carboxylic acids is 1. The molecule has 1 aliphatic heterocycles. The van der Waals surface area contributed by atoms with Crippen molar-refractivity contribution in [1.29, 1.82) is 0 Å². The fourth-order valence-electron chi connectivity index (χ4n) is 3.68. The highest BCUT2D eigenvalue weighted by molar-refractivity contribution is 5.92. The molecule has 1 aliphatic rings. The molecular formula is C23H25F4N5O6. The number of rotatable bonds is 3. The quantitative estimate of drug-likeness (QED) is 0.369. The number of methoxy groups -OCH3 is 1. The molecule has 206 valence electrons. The number of hydrogen-bond donors (Lipinski definition) is 4. The zero-order valence-electron chi connectivity index (χ0n) is 20.3. The Morgan fingerprint density at radius 1 is 1.29 bits per heavy atom. The van der Waals surface area contributed by atoms with Crippen LogP contribution in [0.15, 0.2) is 30.5 Å². The Morgan fingerprint density at radius 3 is 2.61 bits per heavy atom. The molecule has 2 bridgehead atoms. The first-order valence-corrected chi connectivity index (χ1v) is 11.2. The Morgan fingerprint density at radius 2 is 2.00 bits per heavy atom. The SMILES string of the molecule is CCn1ncc2cc3nc(c21)C[C@H](O)COC[C@H](c1ccc(OC)c(F)c1)NC(=O)N3.O=C(O)C(F)(F)F. The lowest BCUT2D eigenvalue weighted by Gasteiger charge is -2.22. The van der Waals surface area contributed by atoms with Crippen LogP contribution in [0, 0.1) is 5.82 Å². The van der Waals surface area contributed by atoms with Crippen molar-refractivity contribution in [3.63, 3.8) is 0 Å². The third-order valence-corrected chi connectivity index (χ3v) is 5.38. The number of carbonyl (C=O) groups excluding carboxylic acids is 1. The molecule has 4 N–H and O–H groups in total. The highest BCUT2D eigenvalue weighted by atomic mass is 19.4. The lowest BCUT2D eigenvalue weighted by molar-refractivity contribution is -0.192. The monoisotopic (exact) mass is 543 g/mol. The van der Waals surface area contributed by atoms with Crippen molar-refractivity contribution >= 4 is 28.7 Å². The fraction of sp³-hybridized carbons (Fsp3) is 0.391. The number of pyridine rings is 1. The van der Waals surface area contributed by atoms with Crippen LogP contribution in [0.2, 0.25) is 0 Å². The van der Waals surface area contributed by atoms with Gasteiger partial charge in [-0.3, -0.25) is 10.00 Å².